The van der Waals surface area contributed by atoms with E-state index in [0.29, 0.717) is 11.3 Å². The Bertz CT molecular complexity index is 617. The maximum absolute atomic E-state index is 12.0. The van der Waals surface area contributed by atoms with Gasteiger partial charge < -0.3 is 10.5 Å². The van der Waals surface area contributed by atoms with Gasteiger partial charge in [0.05, 0.1) is 17.0 Å². The van der Waals surface area contributed by atoms with E-state index >= 15 is 0 Å². The highest BCUT2D eigenvalue weighted by atomic mass is 16.5. The Morgan fingerprint density at radius 3 is 2.79 bits per heavy atom. The summed E-state index contributed by atoms with van der Waals surface area (Å²) in [5, 5.41) is 4.19. The minimum atomic E-state index is -0.417. The molecular formula is C14H17N3O2. The summed E-state index contributed by atoms with van der Waals surface area (Å²) in [6, 6.07) is 7.19. The zero-order valence-electron chi connectivity index (χ0n) is 11.3. The van der Waals surface area contributed by atoms with E-state index in [1.807, 2.05) is 33.0 Å². The number of carbonyl (C=O) groups excluding carboxylic acids is 1. The van der Waals surface area contributed by atoms with Crippen LogP contribution in [0, 0.1) is 13.8 Å². The van der Waals surface area contributed by atoms with Crippen LogP contribution >= 0.6 is 0 Å². The molecule has 0 bridgehead atoms. The van der Waals surface area contributed by atoms with Gasteiger partial charge >= 0.3 is 5.97 Å². The van der Waals surface area contributed by atoms with E-state index in [1.165, 1.54) is 0 Å². The lowest BCUT2D eigenvalue weighted by Crippen LogP contribution is -2.10. The molecule has 0 saturated carbocycles. The number of anilines is 1. The molecule has 0 radical (unpaired) electrons. The van der Waals surface area contributed by atoms with Crippen molar-refractivity contribution in [2.75, 3.05) is 5.73 Å². The fourth-order valence-corrected chi connectivity index (χ4v) is 1.88. The summed E-state index contributed by atoms with van der Waals surface area (Å²) in [7, 11) is 1.82. The van der Waals surface area contributed by atoms with E-state index in [0.717, 1.165) is 17.0 Å². The molecule has 1 heterocycles. The number of benzene rings is 1. The van der Waals surface area contributed by atoms with Crippen LogP contribution in [0.2, 0.25) is 0 Å². The minimum Gasteiger partial charge on any atom is -0.456 e. The van der Waals surface area contributed by atoms with E-state index < -0.39 is 5.97 Å². The van der Waals surface area contributed by atoms with Crippen LogP contribution in [0.4, 0.5) is 5.69 Å². The highest BCUT2D eigenvalue weighted by Crippen LogP contribution is 2.18. The Hall–Kier alpha value is -2.30. The molecule has 0 fully saturated rings. The minimum absolute atomic E-state index is 0.184. The zero-order valence-corrected chi connectivity index (χ0v) is 11.3. The van der Waals surface area contributed by atoms with Crippen LogP contribution in [0.15, 0.2) is 24.3 Å². The summed E-state index contributed by atoms with van der Waals surface area (Å²) in [4.78, 5) is 12.0. The molecule has 0 aliphatic carbocycles. The van der Waals surface area contributed by atoms with Crippen molar-refractivity contribution in [3.63, 3.8) is 0 Å². The third-order valence-electron chi connectivity index (χ3n) is 2.99. The van der Waals surface area contributed by atoms with Crippen molar-refractivity contribution in [3.8, 4) is 0 Å². The van der Waals surface area contributed by atoms with E-state index in [9.17, 15) is 4.79 Å². The molecule has 0 unspecified atom stereocenters. The highest BCUT2D eigenvalue weighted by Gasteiger charge is 2.13. The maximum Gasteiger partial charge on any atom is 0.340 e. The number of aromatic nitrogens is 2. The molecule has 0 aliphatic heterocycles. The second-order valence-electron chi connectivity index (χ2n) is 4.51. The van der Waals surface area contributed by atoms with Gasteiger partial charge in [-0.3, -0.25) is 4.68 Å². The molecular weight excluding hydrogens is 242 g/mol. The summed E-state index contributed by atoms with van der Waals surface area (Å²) < 4.78 is 6.96. The van der Waals surface area contributed by atoms with Crippen molar-refractivity contribution < 1.29 is 9.53 Å². The van der Waals surface area contributed by atoms with Gasteiger partial charge in [-0.1, -0.05) is 12.1 Å². The molecule has 1 aromatic heterocycles. The largest absolute Gasteiger partial charge is 0.456 e. The lowest BCUT2D eigenvalue weighted by molar-refractivity contribution is 0.0464. The molecule has 2 aromatic rings. The molecule has 0 aliphatic rings. The summed E-state index contributed by atoms with van der Waals surface area (Å²) >= 11 is 0. The SMILES string of the molecule is Cc1cc(COC(=O)c2cccc(C)c2N)n(C)n1. The number of para-hydroxylation sites is 1. The maximum atomic E-state index is 12.0. The van der Waals surface area contributed by atoms with Gasteiger partial charge in [0.15, 0.2) is 0 Å². The number of nitrogens with two attached hydrogens (primary N) is 1. The first-order valence-electron chi connectivity index (χ1n) is 6.00. The lowest BCUT2D eigenvalue weighted by atomic mass is 10.1. The number of hydrogen-bond acceptors (Lipinski definition) is 4. The predicted molar refractivity (Wildman–Crippen MR) is 72.7 cm³/mol. The van der Waals surface area contributed by atoms with Gasteiger partial charge in [-0.15, -0.1) is 0 Å². The first-order valence-corrected chi connectivity index (χ1v) is 6.00. The van der Waals surface area contributed by atoms with E-state index in [1.54, 1.807) is 16.8 Å². The van der Waals surface area contributed by atoms with Crippen LogP contribution < -0.4 is 5.73 Å². The van der Waals surface area contributed by atoms with E-state index in [2.05, 4.69) is 5.10 Å². The Labute approximate surface area is 112 Å². The van der Waals surface area contributed by atoms with Crippen molar-refractivity contribution in [3.05, 3.63) is 46.8 Å². The summed E-state index contributed by atoms with van der Waals surface area (Å²) in [5.74, 6) is -0.417. The number of ether oxygens (including phenoxy) is 1. The lowest BCUT2D eigenvalue weighted by Gasteiger charge is -2.08. The monoisotopic (exact) mass is 259 g/mol. The normalized spacial score (nSPS) is 10.5. The van der Waals surface area contributed by atoms with Crippen molar-refractivity contribution in [2.45, 2.75) is 20.5 Å². The summed E-state index contributed by atoms with van der Waals surface area (Å²) in [6.07, 6.45) is 0. The van der Waals surface area contributed by atoms with Crippen LogP contribution in [-0.4, -0.2) is 15.7 Å². The Morgan fingerprint density at radius 2 is 2.16 bits per heavy atom. The topological polar surface area (TPSA) is 70.1 Å². The third kappa shape index (κ3) is 2.76. The van der Waals surface area contributed by atoms with Gasteiger partial charge in [-0.2, -0.15) is 5.10 Å². The van der Waals surface area contributed by atoms with Crippen molar-refractivity contribution in [1.82, 2.24) is 9.78 Å². The number of esters is 1. The molecule has 19 heavy (non-hydrogen) atoms. The van der Waals surface area contributed by atoms with Crippen LogP contribution in [0.1, 0.15) is 27.3 Å². The molecule has 0 amide bonds. The van der Waals surface area contributed by atoms with Gasteiger partial charge in [-0.05, 0) is 31.5 Å². The molecule has 1 aromatic carbocycles. The number of nitrogen functional groups attached to an aromatic ring is 1. The van der Waals surface area contributed by atoms with Gasteiger partial charge in [0.25, 0.3) is 0 Å². The molecule has 5 heteroatoms. The van der Waals surface area contributed by atoms with E-state index in [-0.39, 0.29) is 6.61 Å². The van der Waals surface area contributed by atoms with Crippen LogP contribution in [0.5, 0.6) is 0 Å². The van der Waals surface area contributed by atoms with Crippen LogP contribution in [0.3, 0.4) is 0 Å². The number of nitrogens with zero attached hydrogens (tertiary/aromatic N) is 2. The average molecular weight is 259 g/mol. The molecule has 2 N–H and O–H groups in total. The Morgan fingerprint density at radius 1 is 1.42 bits per heavy atom. The highest BCUT2D eigenvalue weighted by molar-refractivity contribution is 5.95. The summed E-state index contributed by atoms with van der Waals surface area (Å²) in [6.45, 7) is 3.93. The number of rotatable bonds is 3. The van der Waals surface area contributed by atoms with Gasteiger partial charge in [0, 0.05) is 12.7 Å². The molecule has 0 saturated heterocycles. The molecule has 100 valence electrons. The smallest absolute Gasteiger partial charge is 0.340 e. The standard InChI is InChI=1S/C14H17N3O2/c1-9-5-4-6-12(13(9)15)14(18)19-8-11-7-10(2)16-17(11)3/h4-7H,8,15H2,1-3H3. The number of hydrogen-bond donors (Lipinski definition) is 1. The Balaban J connectivity index is 2.10. The van der Waals surface area contributed by atoms with Gasteiger partial charge in [-0.25, -0.2) is 4.79 Å². The van der Waals surface area contributed by atoms with Crippen LogP contribution in [0.25, 0.3) is 0 Å². The fraction of sp³-hybridized carbons (Fsp3) is 0.286. The Kier molecular flexibility index (Phi) is 3.55. The first-order chi connectivity index (χ1) is 8.99. The zero-order chi connectivity index (χ0) is 14.0. The summed E-state index contributed by atoms with van der Waals surface area (Å²) in [5.41, 5.74) is 9.34. The molecule has 0 atom stereocenters. The molecule has 5 nitrogen and oxygen atoms in total. The molecule has 0 spiro atoms. The number of aryl methyl sites for hydroxylation is 3. The number of carbonyl (C=O) groups is 1. The molecule has 2 rings (SSSR count). The fourth-order valence-electron chi connectivity index (χ4n) is 1.88. The van der Waals surface area contributed by atoms with Gasteiger partial charge in [0.2, 0.25) is 0 Å². The van der Waals surface area contributed by atoms with E-state index in [4.69, 9.17) is 10.5 Å². The van der Waals surface area contributed by atoms with Crippen molar-refractivity contribution >= 4 is 11.7 Å². The quantitative estimate of drug-likeness (QED) is 0.676. The average Bonchev–Trinajstić information content (AvgIpc) is 2.68. The second-order valence-corrected chi connectivity index (χ2v) is 4.51. The predicted octanol–water partition coefficient (Wildman–Crippen LogP) is 1.98. The van der Waals surface area contributed by atoms with Crippen molar-refractivity contribution in [1.29, 1.82) is 0 Å². The first kappa shape index (κ1) is 13.1. The van der Waals surface area contributed by atoms with Crippen LogP contribution in [-0.2, 0) is 18.4 Å². The second kappa shape index (κ2) is 5.14. The van der Waals surface area contributed by atoms with Crippen molar-refractivity contribution in [2.24, 2.45) is 7.05 Å². The third-order valence-corrected chi connectivity index (χ3v) is 2.99. The van der Waals surface area contributed by atoms with Gasteiger partial charge in [0.1, 0.15) is 6.61 Å².